The van der Waals surface area contributed by atoms with Gasteiger partial charge in [-0.1, -0.05) is 0 Å². The third-order valence-electron chi connectivity index (χ3n) is 1.79. The molecule has 1 fully saturated rings. The Bertz CT molecular complexity index is 246. The van der Waals surface area contributed by atoms with Crippen molar-refractivity contribution in [2.75, 3.05) is 0 Å². The summed E-state index contributed by atoms with van der Waals surface area (Å²) in [4.78, 5) is 0. The molecule has 0 aliphatic heterocycles. The maximum Gasteiger partial charge on any atom is 0.109 e. The van der Waals surface area contributed by atoms with Gasteiger partial charge in [-0.2, -0.15) is 0 Å². The summed E-state index contributed by atoms with van der Waals surface area (Å²) in [5.74, 6) is 1.49. The number of hydrogen-bond acceptors (Lipinski definition) is 2. The minimum atomic E-state index is 0.332. The van der Waals surface area contributed by atoms with E-state index in [1.54, 1.807) is 6.26 Å². The van der Waals surface area contributed by atoms with Gasteiger partial charge >= 0.3 is 0 Å². The minimum Gasteiger partial charge on any atom is -0.468 e. The van der Waals surface area contributed by atoms with Crippen molar-refractivity contribution in [2.45, 2.75) is 18.4 Å². The molecule has 0 saturated heterocycles. The molecule has 2 nitrogen and oxygen atoms in total. The highest BCUT2D eigenvalue weighted by Gasteiger charge is 2.37. The zero-order chi connectivity index (χ0) is 7.14. The van der Waals surface area contributed by atoms with Crippen LogP contribution in [-0.2, 0) is 0 Å². The van der Waals surface area contributed by atoms with E-state index in [9.17, 15) is 0 Å². The summed E-state index contributed by atoms with van der Waals surface area (Å²) in [6, 6.07) is 2.32. The molecule has 1 saturated carbocycles. The van der Waals surface area contributed by atoms with E-state index in [1.165, 1.54) is 0 Å². The van der Waals surface area contributed by atoms with Crippen LogP contribution in [-0.4, -0.2) is 6.04 Å². The lowest BCUT2D eigenvalue weighted by Crippen LogP contribution is -1.99. The quantitative estimate of drug-likeness (QED) is 0.754. The summed E-state index contributed by atoms with van der Waals surface area (Å²) in [5, 5.41) is 0. The van der Waals surface area contributed by atoms with E-state index in [-0.39, 0.29) is 0 Å². The molecule has 2 rings (SSSR count). The Balaban J connectivity index is 2.20. The topological polar surface area (TPSA) is 39.2 Å². The molecule has 2 N–H and O–H groups in total. The van der Waals surface area contributed by atoms with Gasteiger partial charge in [0.2, 0.25) is 0 Å². The van der Waals surface area contributed by atoms with Crippen LogP contribution in [0, 0.1) is 0 Å². The van der Waals surface area contributed by atoms with Crippen molar-refractivity contribution in [3.63, 3.8) is 0 Å². The maximum atomic E-state index is 5.63. The smallest absolute Gasteiger partial charge is 0.109 e. The van der Waals surface area contributed by atoms with E-state index < -0.39 is 0 Å². The van der Waals surface area contributed by atoms with E-state index in [1.807, 2.05) is 6.07 Å². The van der Waals surface area contributed by atoms with Gasteiger partial charge in [-0.3, -0.25) is 0 Å². The van der Waals surface area contributed by atoms with Crippen molar-refractivity contribution in [2.24, 2.45) is 5.73 Å². The zero-order valence-electron chi connectivity index (χ0n) is 5.38. The predicted molar refractivity (Wildman–Crippen MR) is 41.7 cm³/mol. The molecule has 0 amide bonds. The summed E-state index contributed by atoms with van der Waals surface area (Å²) in [5.41, 5.74) is 5.63. The van der Waals surface area contributed by atoms with Crippen molar-refractivity contribution >= 4 is 15.9 Å². The largest absolute Gasteiger partial charge is 0.468 e. The van der Waals surface area contributed by atoms with Crippen LogP contribution >= 0.6 is 15.9 Å². The molecule has 0 spiro atoms. The molecule has 0 unspecified atom stereocenters. The molecule has 10 heavy (non-hydrogen) atoms. The second-order valence-corrected chi connectivity index (χ2v) is 3.59. The summed E-state index contributed by atoms with van der Waals surface area (Å²) in [7, 11) is 0. The first-order valence-corrected chi connectivity index (χ1v) is 4.06. The second kappa shape index (κ2) is 2.10. The molecular weight excluding hydrogens is 194 g/mol. The number of halogens is 1. The number of nitrogens with two attached hydrogens (primary N) is 1. The third-order valence-corrected chi connectivity index (χ3v) is 2.21. The molecule has 1 heterocycles. The summed E-state index contributed by atoms with van der Waals surface area (Å²) < 4.78 is 6.23. The maximum absolute atomic E-state index is 5.63. The van der Waals surface area contributed by atoms with E-state index in [4.69, 9.17) is 10.2 Å². The molecule has 3 heteroatoms. The van der Waals surface area contributed by atoms with Crippen LogP contribution in [0.1, 0.15) is 18.1 Å². The van der Waals surface area contributed by atoms with E-state index in [2.05, 4.69) is 15.9 Å². The lowest BCUT2D eigenvalue weighted by Gasteiger charge is -1.86. The predicted octanol–water partition coefficient (Wildman–Crippen LogP) is 1.86. The first-order chi connectivity index (χ1) is 4.77. The monoisotopic (exact) mass is 201 g/mol. The van der Waals surface area contributed by atoms with Gasteiger partial charge in [-0.05, 0) is 28.4 Å². The molecule has 1 aromatic rings. The van der Waals surface area contributed by atoms with Gasteiger partial charge in [-0.15, -0.1) is 0 Å². The Hall–Kier alpha value is -0.280. The minimum absolute atomic E-state index is 0.332. The van der Waals surface area contributed by atoms with Gasteiger partial charge in [0.05, 0.1) is 4.47 Å². The third kappa shape index (κ3) is 0.995. The van der Waals surface area contributed by atoms with Crippen molar-refractivity contribution in [1.29, 1.82) is 0 Å². The fraction of sp³-hybridized carbons (Fsp3) is 0.429. The molecule has 0 aromatic carbocycles. The van der Waals surface area contributed by atoms with Gasteiger partial charge < -0.3 is 10.2 Å². The van der Waals surface area contributed by atoms with Gasteiger partial charge in [0.25, 0.3) is 0 Å². The number of rotatable bonds is 1. The van der Waals surface area contributed by atoms with Crippen molar-refractivity contribution in [3.05, 3.63) is 22.6 Å². The van der Waals surface area contributed by atoms with Crippen LogP contribution < -0.4 is 5.73 Å². The van der Waals surface area contributed by atoms with Gasteiger partial charge in [0, 0.05) is 12.0 Å². The molecular formula is C7H8BrNO. The SMILES string of the molecule is N[C@@H]1C[C@H]1c1cc(Br)co1. The Kier molecular flexibility index (Phi) is 1.35. The highest BCUT2D eigenvalue weighted by Crippen LogP contribution is 2.40. The standard InChI is InChI=1S/C7H8BrNO/c8-4-1-7(10-3-4)5-2-6(5)9/h1,3,5-6H,2,9H2/t5-,6-/m1/s1. The van der Waals surface area contributed by atoms with Crippen LogP contribution in [0.2, 0.25) is 0 Å². The van der Waals surface area contributed by atoms with Crippen LogP contribution in [0.3, 0.4) is 0 Å². The molecule has 1 aliphatic rings. The average Bonchev–Trinajstić information content (AvgIpc) is 2.42. The molecule has 2 atom stereocenters. The second-order valence-electron chi connectivity index (χ2n) is 2.67. The highest BCUT2D eigenvalue weighted by molar-refractivity contribution is 9.10. The molecule has 54 valence electrons. The van der Waals surface area contributed by atoms with Crippen LogP contribution in [0.25, 0.3) is 0 Å². The molecule has 0 bridgehead atoms. The van der Waals surface area contributed by atoms with Crippen LogP contribution in [0.5, 0.6) is 0 Å². The Morgan fingerprint density at radius 1 is 1.70 bits per heavy atom. The number of furan rings is 1. The lowest BCUT2D eigenvalue weighted by atomic mass is 10.3. The Morgan fingerprint density at radius 2 is 2.40 bits per heavy atom. The van der Waals surface area contributed by atoms with E-state index >= 15 is 0 Å². The van der Waals surface area contributed by atoms with E-state index in [0.29, 0.717) is 12.0 Å². The summed E-state index contributed by atoms with van der Waals surface area (Å²) in [6.45, 7) is 0. The van der Waals surface area contributed by atoms with Crippen LogP contribution in [0.15, 0.2) is 21.2 Å². The van der Waals surface area contributed by atoms with Crippen molar-refractivity contribution in [1.82, 2.24) is 0 Å². The zero-order valence-corrected chi connectivity index (χ0v) is 6.97. The van der Waals surface area contributed by atoms with Gasteiger partial charge in [-0.25, -0.2) is 0 Å². The highest BCUT2D eigenvalue weighted by atomic mass is 79.9. The average molecular weight is 202 g/mol. The first kappa shape index (κ1) is 6.43. The molecule has 0 radical (unpaired) electrons. The normalized spacial score (nSPS) is 30.6. The molecule has 1 aromatic heterocycles. The van der Waals surface area contributed by atoms with Gasteiger partial charge in [0.15, 0.2) is 0 Å². The fourth-order valence-corrected chi connectivity index (χ4v) is 1.38. The van der Waals surface area contributed by atoms with Crippen molar-refractivity contribution < 1.29 is 4.42 Å². The van der Waals surface area contributed by atoms with Crippen LogP contribution in [0.4, 0.5) is 0 Å². The van der Waals surface area contributed by atoms with Crippen molar-refractivity contribution in [3.8, 4) is 0 Å². The number of hydrogen-bond donors (Lipinski definition) is 1. The summed E-state index contributed by atoms with van der Waals surface area (Å²) >= 11 is 3.31. The first-order valence-electron chi connectivity index (χ1n) is 3.27. The fourth-order valence-electron chi connectivity index (χ4n) is 1.06. The van der Waals surface area contributed by atoms with E-state index in [0.717, 1.165) is 16.7 Å². The summed E-state index contributed by atoms with van der Waals surface area (Å²) in [6.07, 6.45) is 2.76. The molecule has 1 aliphatic carbocycles. The lowest BCUT2D eigenvalue weighted by molar-refractivity contribution is 0.508. The Morgan fingerprint density at radius 3 is 2.80 bits per heavy atom. The van der Waals surface area contributed by atoms with Gasteiger partial charge in [0.1, 0.15) is 12.0 Å². The Labute approximate surface area is 67.5 Å².